The van der Waals surface area contributed by atoms with E-state index in [0.29, 0.717) is 11.3 Å². The van der Waals surface area contributed by atoms with Crippen molar-refractivity contribution >= 4 is 11.6 Å². The normalized spacial score (nSPS) is 10.8. The minimum Gasteiger partial charge on any atom is -0.309 e. The van der Waals surface area contributed by atoms with E-state index in [9.17, 15) is 18.0 Å². The van der Waals surface area contributed by atoms with Crippen LogP contribution in [0.2, 0.25) is 0 Å². The summed E-state index contributed by atoms with van der Waals surface area (Å²) in [5.41, 5.74) is 1.37. The summed E-state index contributed by atoms with van der Waals surface area (Å²) in [5.74, 6) is -4.29. The number of aromatic nitrogens is 1. The number of halogens is 3. The van der Waals surface area contributed by atoms with Crippen LogP contribution in [0.4, 0.5) is 18.9 Å². The zero-order chi connectivity index (χ0) is 20.6. The molecule has 0 saturated heterocycles. The van der Waals surface area contributed by atoms with Gasteiger partial charge in [0.2, 0.25) is 0 Å². The number of aryl methyl sites for hydroxylation is 1. The van der Waals surface area contributed by atoms with Gasteiger partial charge in [-0.25, -0.2) is 13.2 Å². The number of nitrogens with zero attached hydrogens (tertiary/aromatic N) is 2. The third-order valence-corrected chi connectivity index (χ3v) is 4.87. The van der Waals surface area contributed by atoms with Gasteiger partial charge in [0.25, 0.3) is 5.91 Å². The van der Waals surface area contributed by atoms with Gasteiger partial charge in [-0.3, -0.25) is 9.78 Å². The summed E-state index contributed by atoms with van der Waals surface area (Å²) in [6, 6.07) is 9.30. The van der Waals surface area contributed by atoms with Crippen molar-refractivity contribution in [1.29, 1.82) is 0 Å². The Morgan fingerprint density at radius 2 is 1.50 bits per heavy atom. The van der Waals surface area contributed by atoms with Crippen molar-refractivity contribution in [1.82, 2.24) is 4.98 Å². The number of carbonyl (C=O) groups is 1. The number of hydrogen-bond donors (Lipinski definition) is 0. The van der Waals surface area contributed by atoms with E-state index in [2.05, 4.69) is 4.98 Å². The van der Waals surface area contributed by atoms with E-state index in [0.717, 1.165) is 16.0 Å². The molecule has 6 heteroatoms. The molecule has 3 nitrogen and oxygen atoms in total. The first-order valence-corrected chi connectivity index (χ1v) is 8.67. The van der Waals surface area contributed by atoms with Crippen LogP contribution in [0, 0.1) is 38.2 Å². The first-order valence-electron chi connectivity index (χ1n) is 8.67. The van der Waals surface area contributed by atoms with E-state index in [4.69, 9.17) is 0 Å². The molecule has 0 bridgehead atoms. The lowest BCUT2D eigenvalue weighted by molar-refractivity contribution is 0.0984. The molecule has 0 N–H and O–H groups in total. The fourth-order valence-corrected chi connectivity index (χ4v) is 3.17. The van der Waals surface area contributed by atoms with Gasteiger partial charge in [-0.15, -0.1) is 0 Å². The van der Waals surface area contributed by atoms with Crippen LogP contribution in [0.1, 0.15) is 27.0 Å². The van der Waals surface area contributed by atoms with Gasteiger partial charge in [0.15, 0.2) is 0 Å². The molecule has 0 atom stereocenters. The standard InChI is InChI=1S/C22H19F3N2O/c1-12-7-5-6-8-15(12)16-9-10-26-11-17(16)27(4)22(28)18-20(24)13(2)19(23)14(3)21(18)25/h5-11H,1-4H3. The molecule has 3 aromatic rings. The predicted molar refractivity (Wildman–Crippen MR) is 103 cm³/mol. The highest BCUT2D eigenvalue weighted by atomic mass is 19.1. The SMILES string of the molecule is Cc1ccccc1-c1ccncc1N(C)C(=O)c1c(F)c(C)c(F)c(C)c1F. The topological polar surface area (TPSA) is 33.2 Å². The molecule has 1 aromatic heterocycles. The smallest absolute Gasteiger partial charge is 0.264 e. The Bertz CT molecular complexity index is 1050. The van der Waals surface area contributed by atoms with E-state index in [1.165, 1.54) is 27.1 Å². The second-order valence-corrected chi connectivity index (χ2v) is 6.64. The fraction of sp³-hybridized carbons (Fsp3) is 0.182. The number of anilines is 1. The largest absolute Gasteiger partial charge is 0.309 e. The Balaban J connectivity index is 2.14. The van der Waals surface area contributed by atoms with Gasteiger partial charge in [-0.05, 0) is 38.0 Å². The fourth-order valence-electron chi connectivity index (χ4n) is 3.17. The quantitative estimate of drug-likeness (QED) is 0.608. The van der Waals surface area contributed by atoms with Crippen LogP contribution < -0.4 is 4.90 Å². The maximum absolute atomic E-state index is 14.6. The zero-order valence-corrected chi connectivity index (χ0v) is 16.0. The molecule has 3 rings (SSSR count). The van der Waals surface area contributed by atoms with Gasteiger partial charge in [0, 0.05) is 29.9 Å². The minimum absolute atomic E-state index is 0.388. The van der Waals surface area contributed by atoms with E-state index in [1.807, 2.05) is 31.2 Å². The third kappa shape index (κ3) is 3.15. The molecule has 0 aliphatic rings. The van der Waals surface area contributed by atoms with Crippen LogP contribution in [0.25, 0.3) is 11.1 Å². The van der Waals surface area contributed by atoms with Crippen molar-refractivity contribution in [2.45, 2.75) is 20.8 Å². The van der Waals surface area contributed by atoms with E-state index in [-0.39, 0.29) is 11.1 Å². The summed E-state index contributed by atoms with van der Waals surface area (Å²) in [7, 11) is 1.41. The maximum atomic E-state index is 14.6. The third-order valence-electron chi connectivity index (χ3n) is 4.87. The number of carbonyl (C=O) groups excluding carboxylic acids is 1. The van der Waals surface area contributed by atoms with Crippen LogP contribution in [-0.2, 0) is 0 Å². The first-order chi connectivity index (χ1) is 13.3. The second-order valence-electron chi connectivity index (χ2n) is 6.64. The summed E-state index contributed by atoms with van der Waals surface area (Å²) in [6.07, 6.45) is 3.04. The van der Waals surface area contributed by atoms with Crippen molar-refractivity contribution in [3.63, 3.8) is 0 Å². The maximum Gasteiger partial charge on any atom is 0.264 e. The Morgan fingerprint density at radius 3 is 2.11 bits per heavy atom. The van der Waals surface area contributed by atoms with Crippen molar-refractivity contribution in [3.8, 4) is 11.1 Å². The lowest BCUT2D eigenvalue weighted by Gasteiger charge is -2.22. The molecule has 0 aliphatic carbocycles. The highest BCUT2D eigenvalue weighted by Crippen LogP contribution is 2.33. The molecule has 0 unspecified atom stereocenters. The summed E-state index contributed by atoms with van der Waals surface area (Å²) < 4.78 is 43.1. The average molecular weight is 384 g/mol. The molecular weight excluding hydrogens is 365 g/mol. The molecule has 0 saturated carbocycles. The molecule has 2 aromatic carbocycles. The van der Waals surface area contributed by atoms with Gasteiger partial charge in [-0.2, -0.15) is 0 Å². The van der Waals surface area contributed by atoms with Crippen LogP contribution in [0.3, 0.4) is 0 Å². The second kappa shape index (κ2) is 7.46. The zero-order valence-electron chi connectivity index (χ0n) is 16.0. The van der Waals surface area contributed by atoms with Crippen LogP contribution >= 0.6 is 0 Å². The number of benzene rings is 2. The molecular formula is C22H19F3N2O. The summed E-state index contributed by atoms with van der Waals surface area (Å²) in [5, 5.41) is 0. The Kier molecular flexibility index (Phi) is 5.23. The summed E-state index contributed by atoms with van der Waals surface area (Å²) in [6.45, 7) is 4.28. The van der Waals surface area contributed by atoms with Gasteiger partial charge in [0.1, 0.15) is 23.0 Å². The van der Waals surface area contributed by atoms with Crippen molar-refractivity contribution in [2.24, 2.45) is 0 Å². The van der Waals surface area contributed by atoms with Crippen molar-refractivity contribution < 1.29 is 18.0 Å². The number of pyridine rings is 1. The van der Waals surface area contributed by atoms with Crippen LogP contribution in [-0.4, -0.2) is 17.9 Å². The van der Waals surface area contributed by atoms with Crippen LogP contribution in [0.5, 0.6) is 0 Å². The summed E-state index contributed by atoms with van der Waals surface area (Å²) in [4.78, 5) is 18.1. The number of amides is 1. The number of hydrogen-bond acceptors (Lipinski definition) is 2. The first kappa shape index (κ1) is 19.6. The number of rotatable bonds is 3. The Labute approximate surface area is 161 Å². The molecule has 0 fully saturated rings. The molecule has 28 heavy (non-hydrogen) atoms. The predicted octanol–water partition coefficient (Wildman–Crippen LogP) is 5.37. The lowest BCUT2D eigenvalue weighted by atomic mass is 9.99. The highest BCUT2D eigenvalue weighted by Gasteiger charge is 2.28. The molecule has 0 radical (unpaired) electrons. The van der Waals surface area contributed by atoms with Gasteiger partial charge < -0.3 is 4.90 Å². The molecule has 1 heterocycles. The molecule has 144 valence electrons. The molecule has 1 amide bonds. The van der Waals surface area contributed by atoms with Gasteiger partial charge in [-0.1, -0.05) is 24.3 Å². The van der Waals surface area contributed by atoms with E-state index >= 15 is 0 Å². The minimum atomic E-state index is -1.20. The van der Waals surface area contributed by atoms with Crippen LogP contribution in [0.15, 0.2) is 42.7 Å². The Morgan fingerprint density at radius 1 is 0.893 bits per heavy atom. The van der Waals surface area contributed by atoms with Crippen molar-refractivity contribution in [3.05, 3.63) is 82.4 Å². The molecule has 0 aliphatic heterocycles. The summed E-state index contributed by atoms with van der Waals surface area (Å²) >= 11 is 0. The highest BCUT2D eigenvalue weighted by molar-refractivity contribution is 6.08. The van der Waals surface area contributed by atoms with E-state index in [1.54, 1.807) is 12.3 Å². The van der Waals surface area contributed by atoms with Gasteiger partial charge in [0.05, 0.1) is 11.9 Å². The van der Waals surface area contributed by atoms with Gasteiger partial charge >= 0.3 is 0 Å². The average Bonchev–Trinajstić information content (AvgIpc) is 2.70. The Hall–Kier alpha value is -3.15. The molecule has 0 spiro atoms. The van der Waals surface area contributed by atoms with Crippen molar-refractivity contribution in [2.75, 3.05) is 11.9 Å². The lowest BCUT2D eigenvalue weighted by Crippen LogP contribution is -2.29. The van der Waals surface area contributed by atoms with E-state index < -0.39 is 28.9 Å². The monoisotopic (exact) mass is 384 g/mol.